The van der Waals surface area contributed by atoms with E-state index in [-0.39, 0.29) is 0 Å². The number of pyridine rings is 1. The van der Waals surface area contributed by atoms with E-state index in [4.69, 9.17) is 5.73 Å². The summed E-state index contributed by atoms with van der Waals surface area (Å²) in [6.07, 6.45) is 1.14. The zero-order valence-electron chi connectivity index (χ0n) is 11.4. The molecule has 0 aliphatic heterocycles. The van der Waals surface area contributed by atoms with Gasteiger partial charge in [-0.1, -0.05) is 30.3 Å². The molecular weight excluding hydrogens is 267 g/mol. The Labute approximate surface area is 121 Å². The van der Waals surface area contributed by atoms with E-state index in [0.29, 0.717) is 17.3 Å². The van der Waals surface area contributed by atoms with Crippen molar-refractivity contribution in [3.05, 3.63) is 60.0 Å². The third-order valence-corrected chi connectivity index (χ3v) is 3.19. The van der Waals surface area contributed by atoms with Gasteiger partial charge in [-0.2, -0.15) is 0 Å². The molecule has 0 spiro atoms. The molecule has 0 atom stereocenters. The Kier molecular flexibility index (Phi) is 3.31. The van der Waals surface area contributed by atoms with Gasteiger partial charge in [-0.3, -0.25) is 0 Å². The lowest BCUT2D eigenvalue weighted by atomic mass is 10.1. The Bertz CT molecular complexity index is 770. The molecule has 104 valence electrons. The normalized spacial score (nSPS) is 10.6. The maximum atomic E-state index is 13.0. The van der Waals surface area contributed by atoms with Crippen molar-refractivity contribution < 1.29 is 4.39 Å². The molecular formula is C16H13FN4. The highest BCUT2D eigenvalue weighted by atomic mass is 19.1. The summed E-state index contributed by atoms with van der Waals surface area (Å²) in [6.45, 7) is 1.87. The van der Waals surface area contributed by atoms with Crippen molar-refractivity contribution in [1.82, 2.24) is 15.0 Å². The summed E-state index contributed by atoms with van der Waals surface area (Å²) >= 11 is 0. The van der Waals surface area contributed by atoms with Crippen LogP contribution >= 0.6 is 0 Å². The van der Waals surface area contributed by atoms with Crippen LogP contribution in [0.3, 0.4) is 0 Å². The Balaban J connectivity index is 2.16. The molecule has 3 rings (SSSR count). The van der Waals surface area contributed by atoms with E-state index >= 15 is 0 Å². The molecule has 5 heteroatoms. The molecule has 2 N–H and O–H groups in total. The Morgan fingerprint density at radius 3 is 2.43 bits per heavy atom. The lowest BCUT2D eigenvalue weighted by molar-refractivity contribution is 0.621. The number of nitrogen functional groups attached to an aromatic ring is 1. The first-order valence-electron chi connectivity index (χ1n) is 6.46. The predicted octanol–water partition coefficient (Wildman–Crippen LogP) is 3.24. The summed E-state index contributed by atoms with van der Waals surface area (Å²) in [5.74, 6) is 0.379. The minimum Gasteiger partial charge on any atom is -0.383 e. The van der Waals surface area contributed by atoms with Crippen molar-refractivity contribution in [2.75, 3.05) is 5.73 Å². The third kappa shape index (κ3) is 2.58. The van der Waals surface area contributed by atoms with Crippen LogP contribution in [0.25, 0.3) is 22.8 Å². The summed E-state index contributed by atoms with van der Waals surface area (Å²) in [4.78, 5) is 12.8. The van der Waals surface area contributed by atoms with Gasteiger partial charge in [-0.05, 0) is 19.1 Å². The zero-order valence-corrected chi connectivity index (χ0v) is 11.4. The van der Waals surface area contributed by atoms with E-state index < -0.39 is 5.82 Å². The van der Waals surface area contributed by atoms with E-state index in [2.05, 4.69) is 15.0 Å². The fourth-order valence-electron chi connectivity index (χ4n) is 2.03. The topological polar surface area (TPSA) is 64.7 Å². The van der Waals surface area contributed by atoms with Gasteiger partial charge in [0.15, 0.2) is 5.82 Å². The second-order valence-electron chi connectivity index (χ2n) is 4.63. The van der Waals surface area contributed by atoms with Gasteiger partial charge in [0.1, 0.15) is 17.3 Å². The number of rotatable bonds is 2. The first-order chi connectivity index (χ1) is 10.1. The van der Waals surface area contributed by atoms with Crippen LogP contribution in [0.4, 0.5) is 10.2 Å². The highest BCUT2D eigenvalue weighted by Crippen LogP contribution is 2.26. The van der Waals surface area contributed by atoms with E-state index in [1.54, 1.807) is 0 Å². The monoisotopic (exact) mass is 280 g/mol. The fraction of sp³-hybridized carbons (Fsp3) is 0.0625. The third-order valence-electron chi connectivity index (χ3n) is 3.19. The molecule has 2 aromatic heterocycles. The van der Waals surface area contributed by atoms with Crippen LogP contribution in [0.1, 0.15) is 5.56 Å². The molecule has 4 nitrogen and oxygen atoms in total. The number of hydrogen-bond donors (Lipinski definition) is 1. The van der Waals surface area contributed by atoms with Gasteiger partial charge >= 0.3 is 0 Å². The molecule has 0 amide bonds. The summed E-state index contributed by atoms with van der Waals surface area (Å²) < 4.78 is 13.0. The van der Waals surface area contributed by atoms with Crippen molar-refractivity contribution in [2.45, 2.75) is 6.92 Å². The second kappa shape index (κ2) is 5.28. The van der Waals surface area contributed by atoms with E-state index in [0.717, 1.165) is 23.0 Å². The SMILES string of the molecule is Cc1c(N)nc(-c2ccc(F)cn2)nc1-c1ccccc1. The summed E-state index contributed by atoms with van der Waals surface area (Å²) in [5.41, 5.74) is 8.98. The summed E-state index contributed by atoms with van der Waals surface area (Å²) in [6, 6.07) is 12.6. The Hall–Kier alpha value is -2.82. The minimum atomic E-state index is -0.401. The van der Waals surface area contributed by atoms with Gasteiger partial charge in [0.2, 0.25) is 0 Å². The molecule has 0 saturated carbocycles. The molecule has 3 aromatic rings. The average molecular weight is 280 g/mol. The second-order valence-corrected chi connectivity index (χ2v) is 4.63. The summed E-state index contributed by atoms with van der Waals surface area (Å²) in [5, 5.41) is 0. The first-order valence-corrected chi connectivity index (χ1v) is 6.46. The van der Waals surface area contributed by atoms with Crippen LogP contribution in [0, 0.1) is 12.7 Å². The van der Waals surface area contributed by atoms with E-state index in [9.17, 15) is 4.39 Å². The van der Waals surface area contributed by atoms with Crippen LogP contribution < -0.4 is 5.73 Å². The van der Waals surface area contributed by atoms with Crippen molar-refractivity contribution in [1.29, 1.82) is 0 Å². The number of nitrogens with zero attached hydrogens (tertiary/aromatic N) is 3. The number of hydrogen-bond acceptors (Lipinski definition) is 4. The number of aromatic nitrogens is 3. The number of benzene rings is 1. The van der Waals surface area contributed by atoms with Gasteiger partial charge in [0, 0.05) is 11.1 Å². The molecule has 0 bridgehead atoms. The van der Waals surface area contributed by atoms with Gasteiger partial charge in [0.05, 0.1) is 11.9 Å². The molecule has 21 heavy (non-hydrogen) atoms. The van der Waals surface area contributed by atoms with Gasteiger partial charge in [-0.25, -0.2) is 19.3 Å². The molecule has 1 aromatic carbocycles. The van der Waals surface area contributed by atoms with Crippen molar-refractivity contribution >= 4 is 5.82 Å². The maximum Gasteiger partial charge on any atom is 0.180 e. The Morgan fingerprint density at radius 1 is 1.00 bits per heavy atom. The lowest BCUT2D eigenvalue weighted by Crippen LogP contribution is -2.03. The Morgan fingerprint density at radius 2 is 1.76 bits per heavy atom. The first kappa shape index (κ1) is 13.2. The van der Waals surface area contributed by atoms with Gasteiger partial charge in [0.25, 0.3) is 0 Å². The smallest absolute Gasteiger partial charge is 0.180 e. The standard InChI is InChI=1S/C16H13FN4/c1-10-14(11-5-3-2-4-6-11)20-16(21-15(10)18)13-8-7-12(17)9-19-13/h2-9H,1H3,(H2,18,20,21). The largest absolute Gasteiger partial charge is 0.383 e. The van der Waals surface area contributed by atoms with Crippen molar-refractivity contribution in [3.8, 4) is 22.8 Å². The molecule has 0 unspecified atom stereocenters. The van der Waals surface area contributed by atoms with Crippen LogP contribution in [0.2, 0.25) is 0 Å². The molecule has 0 aliphatic carbocycles. The zero-order chi connectivity index (χ0) is 14.8. The quantitative estimate of drug-likeness (QED) is 0.782. The fourth-order valence-corrected chi connectivity index (χ4v) is 2.03. The number of nitrogens with two attached hydrogens (primary N) is 1. The van der Waals surface area contributed by atoms with Gasteiger partial charge < -0.3 is 5.73 Å². The molecule has 0 fully saturated rings. The van der Waals surface area contributed by atoms with Crippen molar-refractivity contribution in [3.63, 3.8) is 0 Å². The van der Waals surface area contributed by atoms with Crippen LogP contribution in [0.5, 0.6) is 0 Å². The molecule has 2 heterocycles. The lowest BCUT2D eigenvalue weighted by Gasteiger charge is -2.10. The predicted molar refractivity (Wildman–Crippen MR) is 79.8 cm³/mol. The molecule has 0 aliphatic rings. The van der Waals surface area contributed by atoms with Crippen LogP contribution in [-0.2, 0) is 0 Å². The molecule has 0 radical (unpaired) electrons. The summed E-state index contributed by atoms with van der Waals surface area (Å²) in [7, 11) is 0. The van der Waals surface area contributed by atoms with Crippen LogP contribution in [0.15, 0.2) is 48.7 Å². The highest BCUT2D eigenvalue weighted by molar-refractivity contribution is 5.70. The van der Waals surface area contributed by atoms with E-state index in [1.165, 1.54) is 12.1 Å². The minimum absolute atomic E-state index is 0.386. The van der Waals surface area contributed by atoms with E-state index in [1.807, 2.05) is 37.3 Å². The highest BCUT2D eigenvalue weighted by Gasteiger charge is 2.12. The van der Waals surface area contributed by atoms with Crippen molar-refractivity contribution in [2.24, 2.45) is 0 Å². The number of anilines is 1. The maximum absolute atomic E-state index is 13.0. The average Bonchev–Trinajstić information content (AvgIpc) is 2.51. The number of halogens is 1. The van der Waals surface area contributed by atoms with Crippen LogP contribution in [-0.4, -0.2) is 15.0 Å². The van der Waals surface area contributed by atoms with Gasteiger partial charge in [-0.15, -0.1) is 0 Å². The molecule has 0 saturated heterocycles.